The Hall–Kier alpha value is -0.530. The van der Waals surface area contributed by atoms with Gasteiger partial charge in [0.1, 0.15) is 0 Å². The van der Waals surface area contributed by atoms with Crippen molar-refractivity contribution in [1.29, 1.82) is 0 Å². The first-order chi connectivity index (χ1) is 7.22. The highest BCUT2D eigenvalue weighted by atomic mass is 16.4. The van der Waals surface area contributed by atoms with Gasteiger partial charge in [0.25, 0.3) is 0 Å². The zero-order valence-corrected chi connectivity index (χ0v) is 9.87. The normalized spacial score (nSPS) is 23.3. The van der Waals surface area contributed by atoms with Crippen LogP contribution in [-0.4, -0.2) is 11.1 Å². The van der Waals surface area contributed by atoms with Crippen molar-refractivity contribution < 1.29 is 9.90 Å². The molecule has 1 N–H and O–H groups in total. The SMILES string of the molecule is CC(C(=O)O)C1CCCCCCCCC1. The van der Waals surface area contributed by atoms with Gasteiger partial charge in [-0.15, -0.1) is 0 Å². The summed E-state index contributed by atoms with van der Waals surface area (Å²) in [6.07, 6.45) is 11.3. The Balaban J connectivity index is 2.40. The minimum atomic E-state index is -0.614. The van der Waals surface area contributed by atoms with E-state index in [4.69, 9.17) is 5.11 Å². The highest BCUT2D eigenvalue weighted by Gasteiger charge is 2.22. The van der Waals surface area contributed by atoms with Crippen LogP contribution in [0.15, 0.2) is 0 Å². The Morgan fingerprint density at radius 1 is 1.00 bits per heavy atom. The summed E-state index contributed by atoms with van der Waals surface area (Å²) in [7, 11) is 0. The first-order valence-electron chi connectivity index (χ1n) is 6.44. The van der Waals surface area contributed by atoms with E-state index in [0.717, 1.165) is 12.8 Å². The molecule has 1 aliphatic carbocycles. The lowest BCUT2D eigenvalue weighted by atomic mass is 9.84. The molecule has 0 heterocycles. The first kappa shape index (κ1) is 12.5. The lowest BCUT2D eigenvalue weighted by Crippen LogP contribution is -2.21. The maximum Gasteiger partial charge on any atom is 0.306 e. The maximum atomic E-state index is 11.0. The molecule has 0 radical (unpaired) electrons. The number of carboxylic acids is 1. The predicted octanol–water partition coefficient (Wildman–Crippen LogP) is 3.85. The zero-order chi connectivity index (χ0) is 11.1. The molecule has 15 heavy (non-hydrogen) atoms. The molecule has 2 heteroatoms. The standard InChI is InChI=1S/C13H24O2/c1-11(13(14)15)12-9-7-5-3-2-4-6-8-10-12/h11-12H,2-10H2,1H3,(H,14,15). The minimum absolute atomic E-state index is 0.149. The summed E-state index contributed by atoms with van der Waals surface area (Å²) in [6.45, 7) is 1.87. The van der Waals surface area contributed by atoms with Gasteiger partial charge in [-0.2, -0.15) is 0 Å². The van der Waals surface area contributed by atoms with Crippen LogP contribution in [0.2, 0.25) is 0 Å². The molecule has 0 bridgehead atoms. The average molecular weight is 212 g/mol. The smallest absolute Gasteiger partial charge is 0.306 e. The fraction of sp³-hybridized carbons (Fsp3) is 0.923. The van der Waals surface area contributed by atoms with Crippen molar-refractivity contribution in [1.82, 2.24) is 0 Å². The average Bonchev–Trinajstić information content (AvgIpc) is 2.24. The molecular formula is C13H24O2. The molecule has 1 aliphatic rings. The van der Waals surface area contributed by atoms with E-state index in [-0.39, 0.29) is 5.92 Å². The largest absolute Gasteiger partial charge is 0.481 e. The highest BCUT2D eigenvalue weighted by molar-refractivity contribution is 5.69. The first-order valence-corrected chi connectivity index (χ1v) is 6.44. The van der Waals surface area contributed by atoms with Crippen LogP contribution in [0.5, 0.6) is 0 Å². The molecule has 1 saturated carbocycles. The molecule has 0 aliphatic heterocycles. The molecule has 2 nitrogen and oxygen atoms in total. The number of carbonyl (C=O) groups is 1. The van der Waals surface area contributed by atoms with Crippen LogP contribution in [0.25, 0.3) is 0 Å². The summed E-state index contributed by atoms with van der Waals surface area (Å²) < 4.78 is 0. The Morgan fingerprint density at radius 3 is 1.80 bits per heavy atom. The van der Waals surface area contributed by atoms with Crippen LogP contribution < -0.4 is 0 Å². The van der Waals surface area contributed by atoms with E-state index in [9.17, 15) is 4.79 Å². The fourth-order valence-electron chi connectivity index (χ4n) is 2.54. The summed E-state index contributed by atoms with van der Waals surface area (Å²) in [6, 6.07) is 0. The molecule has 1 rings (SSSR count). The Bertz CT molecular complexity index is 179. The van der Waals surface area contributed by atoms with Gasteiger partial charge >= 0.3 is 5.97 Å². The third kappa shape index (κ3) is 4.67. The van der Waals surface area contributed by atoms with Gasteiger partial charge in [-0.1, -0.05) is 51.9 Å². The van der Waals surface area contributed by atoms with Crippen molar-refractivity contribution in [3.8, 4) is 0 Å². The van der Waals surface area contributed by atoms with Crippen LogP contribution in [0, 0.1) is 11.8 Å². The van der Waals surface area contributed by atoms with Gasteiger partial charge in [0.05, 0.1) is 5.92 Å². The molecule has 0 aromatic carbocycles. The number of carboxylic acid groups (broad SMARTS) is 1. The van der Waals surface area contributed by atoms with E-state index >= 15 is 0 Å². The molecule has 88 valence electrons. The lowest BCUT2D eigenvalue weighted by Gasteiger charge is -2.21. The predicted molar refractivity (Wildman–Crippen MR) is 61.8 cm³/mol. The van der Waals surface area contributed by atoms with E-state index in [1.165, 1.54) is 44.9 Å². The van der Waals surface area contributed by atoms with Crippen LogP contribution in [-0.2, 0) is 4.79 Å². The van der Waals surface area contributed by atoms with E-state index in [0.29, 0.717) is 5.92 Å². The molecule has 1 atom stereocenters. The van der Waals surface area contributed by atoms with Crippen LogP contribution in [0.4, 0.5) is 0 Å². The summed E-state index contributed by atoms with van der Waals surface area (Å²) >= 11 is 0. The minimum Gasteiger partial charge on any atom is -0.481 e. The van der Waals surface area contributed by atoms with Gasteiger partial charge in [-0.3, -0.25) is 4.79 Å². The monoisotopic (exact) mass is 212 g/mol. The number of hydrogen-bond acceptors (Lipinski definition) is 1. The van der Waals surface area contributed by atoms with Crippen molar-refractivity contribution in [2.75, 3.05) is 0 Å². The van der Waals surface area contributed by atoms with Crippen molar-refractivity contribution in [2.24, 2.45) is 11.8 Å². The van der Waals surface area contributed by atoms with Crippen LogP contribution in [0.3, 0.4) is 0 Å². The van der Waals surface area contributed by atoms with Crippen LogP contribution >= 0.6 is 0 Å². The lowest BCUT2D eigenvalue weighted by molar-refractivity contribution is -0.143. The van der Waals surface area contributed by atoms with Gasteiger partial charge in [0.2, 0.25) is 0 Å². The summed E-state index contributed by atoms with van der Waals surface area (Å²) in [4.78, 5) is 11.0. The van der Waals surface area contributed by atoms with Crippen molar-refractivity contribution in [3.63, 3.8) is 0 Å². The third-order valence-corrected chi connectivity index (χ3v) is 3.75. The second-order valence-electron chi connectivity index (χ2n) is 4.94. The zero-order valence-electron chi connectivity index (χ0n) is 9.87. The molecule has 0 saturated heterocycles. The quantitative estimate of drug-likeness (QED) is 0.755. The van der Waals surface area contributed by atoms with Gasteiger partial charge < -0.3 is 5.11 Å². The van der Waals surface area contributed by atoms with E-state index < -0.39 is 5.97 Å². The van der Waals surface area contributed by atoms with E-state index in [1.54, 1.807) is 0 Å². The molecule has 0 spiro atoms. The topological polar surface area (TPSA) is 37.3 Å². The molecule has 0 amide bonds. The number of rotatable bonds is 2. The summed E-state index contributed by atoms with van der Waals surface area (Å²) in [5, 5.41) is 9.02. The van der Waals surface area contributed by atoms with Gasteiger partial charge in [0, 0.05) is 0 Å². The molecule has 1 unspecified atom stereocenters. The summed E-state index contributed by atoms with van der Waals surface area (Å²) in [5.41, 5.74) is 0. The van der Waals surface area contributed by atoms with Gasteiger partial charge in [-0.25, -0.2) is 0 Å². The van der Waals surface area contributed by atoms with Crippen LogP contribution in [0.1, 0.15) is 64.7 Å². The second-order valence-corrected chi connectivity index (χ2v) is 4.94. The highest BCUT2D eigenvalue weighted by Crippen LogP contribution is 2.27. The van der Waals surface area contributed by atoms with E-state index in [2.05, 4.69) is 0 Å². The van der Waals surface area contributed by atoms with Gasteiger partial charge in [0.15, 0.2) is 0 Å². The molecule has 0 aromatic heterocycles. The fourth-order valence-corrected chi connectivity index (χ4v) is 2.54. The molecule has 1 fully saturated rings. The Morgan fingerprint density at radius 2 is 1.40 bits per heavy atom. The van der Waals surface area contributed by atoms with Crippen molar-refractivity contribution in [2.45, 2.75) is 64.7 Å². The Labute approximate surface area is 93.1 Å². The summed E-state index contributed by atoms with van der Waals surface area (Å²) in [5.74, 6) is -0.345. The van der Waals surface area contributed by atoms with Gasteiger partial charge in [-0.05, 0) is 18.8 Å². The Kier molecular flexibility index (Phi) is 5.74. The van der Waals surface area contributed by atoms with E-state index in [1.807, 2.05) is 6.92 Å². The third-order valence-electron chi connectivity index (χ3n) is 3.75. The molecular weight excluding hydrogens is 188 g/mol. The maximum absolute atomic E-state index is 11.0. The second kappa shape index (κ2) is 6.86. The van der Waals surface area contributed by atoms with Crippen molar-refractivity contribution >= 4 is 5.97 Å². The number of aliphatic carboxylic acids is 1. The number of hydrogen-bond donors (Lipinski definition) is 1. The molecule has 0 aromatic rings. The van der Waals surface area contributed by atoms with Crippen molar-refractivity contribution in [3.05, 3.63) is 0 Å².